The molecule has 0 atom stereocenters. The zero-order valence-electron chi connectivity index (χ0n) is 4.78. The van der Waals surface area contributed by atoms with Gasteiger partial charge in [-0.25, -0.2) is 0 Å². The molecule has 3 heteroatoms. The van der Waals surface area contributed by atoms with E-state index in [4.69, 9.17) is 6.58 Å². The quantitative estimate of drug-likeness (QED) is 0.614. The van der Waals surface area contributed by atoms with Crippen LogP contribution in [0.25, 0.3) is 6.08 Å². The summed E-state index contributed by atoms with van der Waals surface area (Å²) in [5, 5.41) is 0. The minimum absolute atomic E-state index is 0. The molecule has 0 spiro atoms. The van der Waals surface area contributed by atoms with Crippen LogP contribution in [0.1, 0.15) is 5.69 Å². The second-order valence-corrected chi connectivity index (χ2v) is 1.22. The van der Waals surface area contributed by atoms with Gasteiger partial charge in [0.25, 0.3) is 0 Å². The van der Waals surface area contributed by atoms with E-state index in [0.717, 1.165) is 0 Å². The van der Waals surface area contributed by atoms with E-state index in [1.54, 1.807) is 12.4 Å². The smallest absolute Gasteiger partial charge is 0 e. The van der Waals surface area contributed by atoms with E-state index in [-0.39, 0.29) is 32.7 Å². The van der Waals surface area contributed by atoms with Gasteiger partial charge in [0.1, 0.15) is 0 Å². The van der Waals surface area contributed by atoms with Crippen LogP contribution in [0.2, 0.25) is 0 Å². The van der Waals surface area contributed by atoms with Gasteiger partial charge in [-0.3, -0.25) is 0 Å². The van der Waals surface area contributed by atoms with E-state index in [9.17, 15) is 0 Å². The third kappa shape index (κ3) is 2.82. The van der Waals surface area contributed by atoms with E-state index in [1.165, 1.54) is 6.08 Å². The van der Waals surface area contributed by atoms with Gasteiger partial charge in [-0.2, -0.15) is 11.9 Å². The molecule has 0 fully saturated rings. The van der Waals surface area contributed by atoms with Gasteiger partial charge < -0.3 is 22.6 Å². The first kappa shape index (κ1) is 8.92. The van der Waals surface area contributed by atoms with E-state index in [1.807, 2.05) is 0 Å². The van der Waals surface area contributed by atoms with Gasteiger partial charge in [-0.15, -0.1) is 0 Å². The third-order valence-electron chi connectivity index (χ3n) is 0.692. The average molecular weight is 193 g/mol. The molecule has 0 bridgehead atoms. The Hall–Kier alpha value is -0.0761. The zero-order valence-corrected chi connectivity index (χ0v) is 7.62. The summed E-state index contributed by atoms with van der Waals surface area (Å²) in [7, 11) is 0. The Balaban J connectivity index is 0.000000640. The van der Waals surface area contributed by atoms with E-state index in [2.05, 4.69) is 16.2 Å². The third-order valence-corrected chi connectivity index (χ3v) is 0.692. The number of hydrogen-bond donors (Lipinski definition) is 0. The maximum atomic E-state index is 5.09. The molecule has 9 heavy (non-hydrogen) atoms. The van der Waals surface area contributed by atoms with E-state index >= 15 is 0 Å². The standard InChI is InChI=1S/C6H4N2.Y/c1-2-6-5-7-3-4-8-6;/h1-4H;/q-2;. The van der Waals surface area contributed by atoms with Gasteiger partial charge in [0.15, 0.2) is 0 Å². The van der Waals surface area contributed by atoms with Crippen molar-refractivity contribution in [2.45, 2.75) is 0 Å². The van der Waals surface area contributed by atoms with Gasteiger partial charge in [0, 0.05) is 32.7 Å². The number of nitrogens with zero attached hydrogens (tertiary/aromatic N) is 2. The number of rotatable bonds is 1. The van der Waals surface area contributed by atoms with Crippen molar-refractivity contribution in [3.8, 4) is 0 Å². The molecule has 0 N–H and O–H groups in total. The van der Waals surface area contributed by atoms with E-state index in [0.29, 0.717) is 5.69 Å². The number of aromatic nitrogens is 2. The minimum Gasteiger partial charge on any atom is -0.410 e. The van der Waals surface area contributed by atoms with Gasteiger partial charge >= 0.3 is 0 Å². The van der Waals surface area contributed by atoms with Crippen molar-refractivity contribution in [2.24, 2.45) is 0 Å². The van der Waals surface area contributed by atoms with Crippen molar-refractivity contribution in [1.29, 1.82) is 0 Å². The molecule has 0 unspecified atom stereocenters. The summed E-state index contributed by atoms with van der Waals surface area (Å²) in [6.45, 7) is 5.09. The van der Waals surface area contributed by atoms with Gasteiger partial charge in [-0.05, 0) is 6.20 Å². The Kier molecular flexibility index (Phi) is 4.73. The summed E-state index contributed by atoms with van der Waals surface area (Å²) in [5.74, 6) is 0. The van der Waals surface area contributed by atoms with Crippen LogP contribution >= 0.6 is 0 Å². The molecule has 1 radical (unpaired) electrons. The monoisotopic (exact) mass is 193 g/mol. The maximum absolute atomic E-state index is 5.09. The summed E-state index contributed by atoms with van der Waals surface area (Å²) >= 11 is 0. The fraction of sp³-hybridized carbons (Fsp3) is 0. The van der Waals surface area contributed by atoms with Crippen LogP contribution in [-0.4, -0.2) is 9.97 Å². The van der Waals surface area contributed by atoms with Crippen molar-refractivity contribution in [3.05, 3.63) is 30.9 Å². The first-order valence-electron chi connectivity index (χ1n) is 2.17. The van der Waals surface area contributed by atoms with Crippen LogP contribution in [0.3, 0.4) is 0 Å². The van der Waals surface area contributed by atoms with Crippen molar-refractivity contribution >= 4 is 6.08 Å². The van der Waals surface area contributed by atoms with Gasteiger partial charge in [-0.1, -0.05) is 6.20 Å². The Labute approximate surface area is 79.3 Å². The minimum atomic E-state index is 0. The molecule has 0 aromatic carbocycles. The topological polar surface area (TPSA) is 25.8 Å². The number of hydrogen-bond acceptors (Lipinski definition) is 2. The average Bonchev–Trinajstić information content (AvgIpc) is 1.90. The summed E-state index contributed by atoms with van der Waals surface area (Å²) in [4.78, 5) is 7.46. The van der Waals surface area contributed by atoms with Crippen LogP contribution in [0, 0.1) is 12.8 Å². The molecule has 43 valence electrons. The van der Waals surface area contributed by atoms with Crippen molar-refractivity contribution in [3.63, 3.8) is 0 Å². The molecule has 1 rings (SSSR count). The Morgan fingerprint density at radius 3 is 2.67 bits per heavy atom. The van der Waals surface area contributed by atoms with Crippen LogP contribution in [0.4, 0.5) is 0 Å². The summed E-state index contributed by atoms with van der Waals surface area (Å²) in [5.41, 5.74) is 0.576. The first-order valence-corrected chi connectivity index (χ1v) is 2.17. The van der Waals surface area contributed by atoms with Crippen LogP contribution in [0.15, 0.2) is 12.4 Å². The summed E-state index contributed by atoms with van der Waals surface area (Å²) < 4.78 is 0. The molecule has 0 aliphatic heterocycles. The molecular formula is C6H4N2Y-2. The molecule has 2 nitrogen and oxygen atoms in total. The normalized spacial score (nSPS) is 7.56. The Morgan fingerprint density at radius 2 is 2.33 bits per heavy atom. The molecule has 0 saturated heterocycles. The molecule has 0 saturated carbocycles. The fourth-order valence-corrected chi connectivity index (χ4v) is 0.360. The molecule has 0 aliphatic carbocycles. The van der Waals surface area contributed by atoms with Crippen LogP contribution in [0.5, 0.6) is 0 Å². The zero-order chi connectivity index (χ0) is 5.82. The molecule has 0 amide bonds. The van der Waals surface area contributed by atoms with Crippen LogP contribution in [-0.2, 0) is 32.7 Å². The molecule has 1 aromatic heterocycles. The van der Waals surface area contributed by atoms with Crippen molar-refractivity contribution in [1.82, 2.24) is 9.97 Å². The van der Waals surface area contributed by atoms with Gasteiger partial charge in [0.05, 0.1) is 0 Å². The second kappa shape index (κ2) is 4.77. The molecular weight excluding hydrogens is 189 g/mol. The van der Waals surface area contributed by atoms with E-state index < -0.39 is 0 Å². The Bertz CT molecular complexity index is 174. The molecule has 0 aliphatic rings. The van der Waals surface area contributed by atoms with Crippen LogP contribution < -0.4 is 0 Å². The van der Waals surface area contributed by atoms with Crippen molar-refractivity contribution in [2.75, 3.05) is 0 Å². The second-order valence-electron chi connectivity index (χ2n) is 1.22. The Morgan fingerprint density at radius 1 is 1.56 bits per heavy atom. The predicted molar refractivity (Wildman–Crippen MR) is 29.6 cm³/mol. The molecule has 1 aromatic rings. The maximum Gasteiger partial charge on any atom is 0 e. The molecule has 1 heterocycles. The SMILES string of the molecule is [CH-]=Cc1[c-]nccn1.[Y]. The first-order chi connectivity index (χ1) is 3.93. The fourth-order valence-electron chi connectivity index (χ4n) is 0.360. The van der Waals surface area contributed by atoms with Crippen molar-refractivity contribution < 1.29 is 32.7 Å². The van der Waals surface area contributed by atoms with Gasteiger partial charge in [0.2, 0.25) is 0 Å². The summed E-state index contributed by atoms with van der Waals surface area (Å²) in [6, 6.07) is 0. The largest absolute Gasteiger partial charge is 0.410 e. The predicted octanol–water partition coefficient (Wildman–Crippen LogP) is 0.720. The summed E-state index contributed by atoms with van der Waals surface area (Å²) in [6.07, 6.45) is 7.04.